The van der Waals surface area contributed by atoms with Crippen LogP contribution in [-0.4, -0.2) is 28.3 Å². The van der Waals surface area contributed by atoms with Crippen LogP contribution in [-0.2, 0) is 9.53 Å². The van der Waals surface area contributed by atoms with Gasteiger partial charge >= 0.3 is 5.97 Å². The maximum Gasteiger partial charge on any atom is 0.317 e. The third-order valence-corrected chi connectivity index (χ3v) is 2.52. The predicted molar refractivity (Wildman–Crippen MR) is 66.1 cm³/mol. The van der Waals surface area contributed by atoms with Crippen molar-refractivity contribution in [3.63, 3.8) is 0 Å². The number of esters is 1. The largest absolute Gasteiger partial charge is 0.465 e. The fourth-order valence-electron chi connectivity index (χ4n) is 1.67. The number of Topliss-reactive ketones (excluding diaryl/α,β-unsaturated/α-hetero) is 1. The molecule has 0 aliphatic rings. The van der Waals surface area contributed by atoms with E-state index >= 15 is 0 Å². The maximum atomic E-state index is 12.3. The molecule has 18 heavy (non-hydrogen) atoms. The first-order valence-electron chi connectivity index (χ1n) is 5.97. The van der Waals surface area contributed by atoms with E-state index in [1.165, 1.54) is 12.3 Å². The lowest BCUT2D eigenvalue weighted by molar-refractivity contribution is -0.147. The average Bonchev–Trinajstić information content (AvgIpc) is 2.28. The fraction of sp³-hybridized carbons (Fsp3) is 0.538. The van der Waals surface area contributed by atoms with Crippen molar-refractivity contribution in [2.75, 3.05) is 6.61 Å². The molecule has 5 nitrogen and oxygen atoms in total. The first kappa shape index (κ1) is 14.3. The predicted octanol–water partition coefficient (Wildman–Crippen LogP) is 1.80. The Morgan fingerprint density at radius 1 is 1.39 bits per heavy atom. The van der Waals surface area contributed by atoms with Gasteiger partial charge in [-0.05, 0) is 25.8 Å². The monoisotopic (exact) mass is 250 g/mol. The average molecular weight is 250 g/mol. The summed E-state index contributed by atoms with van der Waals surface area (Å²) in [4.78, 5) is 32.0. The molecule has 1 aromatic heterocycles. The molecule has 1 unspecified atom stereocenters. The van der Waals surface area contributed by atoms with Gasteiger partial charge in [-0.1, -0.05) is 13.8 Å². The maximum absolute atomic E-state index is 12.3. The number of ether oxygens (including phenoxy) is 1. The Labute approximate surface area is 107 Å². The minimum atomic E-state index is -0.806. The van der Waals surface area contributed by atoms with Crippen molar-refractivity contribution in [1.82, 2.24) is 9.97 Å². The van der Waals surface area contributed by atoms with E-state index in [9.17, 15) is 9.59 Å². The Bertz CT molecular complexity index is 444. The second kappa shape index (κ2) is 6.23. The lowest BCUT2D eigenvalue weighted by Gasteiger charge is -2.17. The lowest BCUT2D eigenvalue weighted by Crippen LogP contribution is -2.31. The highest BCUT2D eigenvalue weighted by Crippen LogP contribution is 2.18. The van der Waals surface area contributed by atoms with E-state index in [4.69, 9.17) is 4.74 Å². The lowest BCUT2D eigenvalue weighted by atomic mass is 9.90. The molecule has 98 valence electrons. The Balaban J connectivity index is 3.00. The molecule has 0 spiro atoms. The number of aryl methyl sites for hydroxylation is 1. The van der Waals surface area contributed by atoms with E-state index in [1.54, 1.807) is 13.8 Å². The van der Waals surface area contributed by atoms with Crippen LogP contribution in [0.1, 0.15) is 37.1 Å². The molecule has 1 rings (SSSR count). The zero-order chi connectivity index (χ0) is 13.7. The quantitative estimate of drug-likeness (QED) is 0.453. The minimum absolute atomic E-state index is 0.133. The number of rotatable bonds is 5. The van der Waals surface area contributed by atoms with Crippen molar-refractivity contribution in [2.24, 2.45) is 11.8 Å². The van der Waals surface area contributed by atoms with Gasteiger partial charge in [0.05, 0.1) is 6.61 Å². The normalized spacial score (nSPS) is 12.3. The summed E-state index contributed by atoms with van der Waals surface area (Å²) in [6.45, 7) is 7.30. The van der Waals surface area contributed by atoms with Gasteiger partial charge in [0.15, 0.2) is 5.78 Å². The summed E-state index contributed by atoms with van der Waals surface area (Å²) in [7, 11) is 0. The van der Waals surface area contributed by atoms with Crippen molar-refractivity contribution < 1.29 is 14.3 Å². The molecule has 1 aromatic rings. The third-order valence-electron chi connectivity index (χ3n) is 2.52. The first-order chi connectivity index (χ1) is 8.47. The van der Waals surface area contributed by atoms with E-state index in [2.05, 4.69) is 9.97 Å². The summed E-state index contributed by atoms with van der Waals surface area (Å²) in [5, 5.41) is 0. The Hall–Kier alpha value is -1.78. The van der Waals surface area contributed by atoms with Crippen LogP contribution in [0.15, 0.2) is 12.3 Å². The van der Waals surface area contributed by atoms with E-state index in [0.717, 1.165) is 0 Å². The Kier molecular flexibility index (Phi) is 4.95. The number of aromatic nitrogens is 2. The van der Waals surface area contributed by atoms with Gasteiger partial charge in [-0.25, -0.2) is 9.97 Å². The molecule has 0 saturated heterocycles. The number of ketones is 1. The highest BCUT2D eigenvalue weighted by molar-refractivity contribution is 6.07. The molecule has 0 aliphatic carbocycles. The van der Waals surface area contributed by atoms with E-state index < -0.39 is 11.9 Å². The number of carbonyl (C=O) groups is 2. The van der Waals surface area contributed by atoms with Crippen LogP contribution in [0.3, 0.4) is 0 Å². The highest BCUT2D eigenvalue weighted by Gasteiger charge is 2.32. The zero-order valence-corrected chi connectivity index (χ0v) is 11.1. The number of carbonyl (C=O) groups excluding carboxylic acids is 2. The third kappa shape index (κ3) is 3.35. The van der Waals surface area contributed by atoms with Crippen molar-refractivity contribution in [1.29, 1.82) is 0 Å². The molecule has 0 N–H and O–H groups in total. The molecular weight excluding hydrogens is 232 g/mol. The number of hydrogen-bond donors (Lipinski definition) is 0. The molecular formula is C13H18N2O3. The van der Waals surface area contributed by atoms with Crippen molar-refractivity contribution in [2.45, 2.75) is 27.7 Å². The molecule has 0 fully saturated rings. The molecule has 0 radical (unpaired) electrons. The summed E-state index contributed by atoms with van der Waals surface area (Å²) < 4.78 is 4.94. The Morgan fingerprint density at radius 2 is 2.06 bits per heavy atom. The van der Waals surface area contributed by atoms with E-state index in [-0.39, 0.29) is 24.0 Å². The fourth-order valence-corrected chi connectivity index (χ4v) is 1.67. The molecule has 0 aliphatic heterocycles. The summed E-state index contributed by atoms with van der Waals surface area (Å²) >= 11 is 0. The van der Waals surface area contributed by atoms with Crippen LogP contribution in [0, 0.1) is 18.8 Å². The van der Waals surface area contributed by atoms with Crippen LogP contribution < -0.4 is 0 Å². The van der Waals surface area contributed by atoms with E-state index in [1.807, 2.05) is 13.8 Å². The van der Waals surface area contributed by atoms with Crippen LogP contribution in [0.2, 0.25) is 0 Å². The summed E-state index contributed by atoms with van der Waals surface area (Å²) in [6, 6.07) is 1.52. The second-order valence-electron chi connectivity index (χ2n) is 4.33. The topological polar surface area (TPSA) is 69.2 Å². The molecule has 0 aromatic carbocycles. The molecule has 0 amide bonds. The minimum Gasteiger partial charge on any atom is -0.465 e. The SMILES string of the molecule is CCOC(=O)C(C(=O)c1ccnc(C)n1)C(C)C. The van der Waals surface area contributed by atoms with Gasteiger partial charge in [-0.15, -0.1) is 0 Å². The highest BCUT2D eigenvalue weighted by atomic mass is 16.5. The smallest absolute Gasteiger partial charge is 0.317 e. The summed E-state index contributed by atoms with van der Waals surface area (Å²) in [5.74, 6) is -1.24. The molecule has 1 atom stereocenters. The standard InChI is InChI=1S/C13H18N2O3/c1-5-18-13(17)11(8(2)3)12(16)10-6-7-14-9(4)15-10/h6-8,11H,5H2,1-4H3. The van der Waals surface area contributed by atoms with Gasteiger partial charge in [0.25, 0.3) is 0 Å². The van der Waals surface area contributed by atoms with Crippen molar-refractivity contribution in [3.8, 4) is 0 Å². The van der Waals surface area contributed by atoms with Gasteiger partial charge in [0, 0.05) is 6.20 Å². The number of nitrogens with zero attached hydrogens (tertiary/aromatic N) is 2. The van der Waals surface area contributed by atoms with Crippen LogP contribution in [0.4, 0.5) is 0 Å². The molecule has 0 bridgehead atoms. The van der Waals surface area contributed by atoms with Crippen molar-refractivity contribution >= 4 is 11.8 Å². The molecule has 1 heterocycles. The summed E-state index contributed by atoms with van der Waals surface area (Å²) in [6.07, 6.45) is 1.51. The zero-order valence-electron chi connectivity index (χ0n) is 11.1. The van der Waals surface area contributed by atoms with Gasteiger partial charge in [0.2, 0.25) is 0 Å². The van der Waals surface area contributed by atoms with Gasteiger partial charge in [-0.3, -0.25) is 9.59 Å². The van der Waals surface area contributed by atoms with Gasteiger partial charge in [0.1, 0.15) is 17.4 Å². The van der Waals surface area contributed by atoms with Crippen molar-refractivity contribution in [3.05, 3.63) is 23.8 Å². The Morgan fingerprint density at radius 3 is 2.56 bits per heavy atom. The summed E-state index contributed by atoms with van der Waals surface area (Å²) in [5.41, 5.74) is 0.259. The second-order valence-corrected chi connectivity index (χ2v) is 4.33. The van der Waals surface area contributed by atoms with Gasteiger partial charge < -0.3 is 4.74 Å². The number of hydrogen-bond acceptors (Lipinski definition) is 5. The molecule has 5 heteroatoms. The van der Waals surface area contributed by atoms with Crippen LogP contribution in [0.25, 0.3) is 0 Å². The molecule has 0 saturated carbocycles. The van der Waals surface area contributed by atoms with Gasteiger partial charge in [-0.2, -0.15) is 0 Å². The first-order valence-corrected chi connectivity index (χ1v) is 5.97. The van der Waals surface area contributed by atoms with Crippen LogP contribution >= 0.6 is 0 Å². The van der Waals surface area contributed by atoms with E-state index in [0.29, 0.717) is 5.82 Å². The van der Waals surface area contributed by atoms with Crippen LogP contribution in [0.5, 0.6) is 0 Å².